The zero-order valence-electron chi connectivity index (χ0n) is 13.0. The molecule has 1 aliphatic rings. The number of anilines is 1. The Balaban J connectivity index is 1.66. The molecule has 0 aromatic carbocycles. The number of urea groups is 1. The highest BCUT2D eigenvalue weighted by atomic mass is 16.2. The number of carbonyl (C=O) groups is 1. The van der Waals surface area contributed by atoms with E-state index in [2.05, 4.69) is 27.8 Å². The molecule has 7 nitrogen and oxygen atoms in total. The van der Waals surface area contributed by atoms with Gasteiger partial charge in [-0.3, -0.25) is 5.10 Å². The van der Waals surface area contributed by atoms with Crippen molar-refractivity contribution in [1.29, 1.82) is 5.26 Å². The number of nitrogens with zero attached hydrogens (tertiary/aromatic N) is 2. The number of aromatic nitrogens is 2. The van der Waals surface area contributed by atoms with Gasteiger partial charge in [0.2, 0.25) is 0 Å². The van der Waals surface area contributed by atoms with Crippen molar-refractivity contribution >= 4 is 11.8 Å². The summed E-state index contributed by atoms with van der Waals surface area (Å²) in [5, 5.41) is 21.4. The predicted molar refractivity (Wildman–Crippen MR) is 84.0 cm³/mol. The smallest absolute Gasteiger partial charge is 0.315 e. The Kier molecular flexibility index (Phi) is 5.64. The van der Waals surface area contributed by atoms with E-state index >= 15 is 0 Å². The highest BCUT2D eigenvalue weighted by Crippen LogP contribution is 2.23. The number of nitriles is 1. The molecule has 2 atom stereocenters. The zero-order chi connectivity index (χ0) is 15.9. The van der Waals surface area contributed by atoms with Crippen LogP contribution in [0, 0.1) is 17.2 Å². The first-order chi connectivity index (χ1) is 10.6. The lowest BCUT2D eigenvalue weighted by atomic mass is 9.87. The molecule has 0 bridgehead atoms. The second kappa shape index (κ2) is 7.69. The van der Waals surface area contributed by atoms with Crippen LogP contribution in [0.5, 0.6) is 0 Å². The minimum Gasteiger partial charge on any atom is -0.381 e. The summed E-state index contributed by atoms with van der Waals surface area (Å²) in [6, 6.07) is 2.22. The van der Waals surface area contributed by atoms with Crippen molar-refractivity contribution in [1.82, 2.24) is 20.8 Å². The molecule has 1 saturated carbocycles. The Labute approximate surface area is 130 Å². The molecule has 1 fully saturated rings. The first-order valence-corrected chi connectivity index (χ1v) is 7.87. The molecule has 120 valence electrons. The number of aromatic amines is 1. The molecule has 1 aromatic heterocycles. The standard InChI is InChI=1S/C15H24N6O/c1-10-4-2-5-11(8-10)19-15(22)18-7-3-6-13-12(9-16)14(17)21-20-13/h10-11H,2-8H2,1H3,(H3,17,20,21)(H2,18,19,22)/t10-,11+/m0/s1. The van der Waals surface area contributed by atoms with Crippen molar-refractivity contribution in [3.05, 3.63) is 11.3 Å². The first-order valence-electron chi connectivity index (χ1n) is 7.87. The molecular weight excluding hydrogens is 280 g/mol. The van der Waals surface area contributed by atoms with Crippen LogP contribution in [0.2, 0.25) is 0 Å². The van der Waals surface area contributed by atoms with Crippen LogP contribution in [0.1, 0.15) is 50.3 Å². The molecule has 0 radical (unpaired) electrons. The lowest BCUT2D eigenvalue weighted by Gasteiger charge is -2.27. The highest BCUT2D eigenvalue weighted by Gasteiger charge is 2.20. The van der Waals surface area contributed by atoms with Gasteiger partial charge in [0.15, 0.2) is 5.82 Å². The van der Waals surface area contributed by atoms with Gasteiger partial charge >= 0.3 is 6.03 Å². The molecule has 5 N–H and O–H groups in total. The second-order valence-electron chi connectivity index (χ2n) is 6.05. The van der Waals surface area contributed by atoms with E-state index < -0.39 is 0 Å². The number of nitrogen functional groups attached to an aromatic ring is 1. The van der Waals surface area contributed by atoms with Crippen LogP contribution >= 0.6 is 0 Å². The van der Waals surface area contributed by atoms with Crippen molar-refractivity contribution in [3.63, 3.8) is 0 Å². The summed E-state index contributed by atoms with van der Waals surface area (Å²) in [6.45, 7) is 2.78. The molecule has 22 heavy (non-hydrogen) atoms. The van der Waals surface area contributed by atoms with Crippen molar-refractivity contribution in [2.24, 2.45) is 5.92 Å². The minimum atomic E-state index is -0.108. The fraction of sp³-hybridized carbons (Fsp3) is 0.667. The molecule has 1 heterocycles. The molecule has 2 rings (SSSR count). The van der Waals surface area contributed by atoms with E-state index in [1.165, 1.54) is 12.8 Å². The number of carbonyl (C=O) groups excluding carboxylic acids is 1. The number of hydrogen-bond acceptors (Lipinski definition) is 4. The quantitative estimate of drug-likeness (QED) is 0.618. The van der Waals surface area contributed by atoms with Gasteiger partial charge in [-0.05, 0) is 31.6 Å². The van der Waals surface area contributed by atoms with E-state index in [1.54, 1.807) is 0 Å². The first kappa shape index (κ1) is 16.1. The van der Waals surface area contributed by atoms with E-state index in [-0.39, 0.29) is 11.8 Å². The maximum Gasteiger partial charge on any atom is 0.315 e. The van der Waals surface area contributed by atoms with Gasteiger partial charge in [0, 0.05) is 12.6 Å². The van der Waals surface area contributed by atoms with Crippen molar-refractivity contribution < 1.29 is 4.79 Å². The summed E-state index contributed by atoms with van der Waals surface area (Å²) in [7, 11) is 0. The fourth-order valence-electron chi connectivity index (χ4n) is 2.97. The van der Waals surface area contributed by atoms with Crippen LogP contribution in [-0.2, 0) is 6.42 Å². The molecule has 0 spiro atoms. The lowest BCUT2D eigenvalue weighted by Crippen LogP contribution is -2.44. The number of rotatable bonds is 5. The zero-order valence-corrected chi connectivity index (χ0v) is 13.0. The topological polar surface area (TPSA) is 120 Å². The number of hydrogen-bond donors (Lipinski definition) is 4. The lowest BCUT2D eigenvalue weighted by molar-refractivity contribution is 0.227. The monoisotopic (exact) mass is 304 g/mol. The maximum atomic E-state index is 11.8. The molecule has 2 amide bonds. The number of amides is 2. The van der Waals surface area contributed by atoms with Gasteiger partial charge in [0.1, 0.15) is 11.6 Å². The summed E-state index contributed by atoms with van der Waals surface area (Å²) in [5.74, 6) is 0.920. The summed E-state index contributed by atoms with van der Waals surface area (Å²) in [6.07, 6.45) is 5.93. The highest BCUT2D eigenvalue weighted by molar-refractivity contribution is 5.74. The predicted octanol–water partition coefficient (Wildman–Crippen LogP) is 1.67. The van der Waals surface area contributed by atoms with E-state index in [9.17, 15) is 4.79 Å². The van der Waals surface area contributed by atoms with Gasteiger partial charge in [-0.25, -0.2) is 4.79 Å². The third kappa shape index (κ3) is 4.38. The van der Waals surface area contributed by atoms with Crippen LogP contribution in [-0.4, -0.2) is 28.8 Å². The third-order valence-electron chi connectivity index (χ3n) is 4.14. The number of nitrogens with one attached hydrogen (secondary N) is 3. The van der Waals surface area contributed by atoms with Crippen molar-refractivity contribution in [2.45, 2.75) is 51.5 Å². The number of nitrogens with two attached hydrogens (primary N) is 1. The van der Waals surface area contributed by atoms with Gasteiger partial charge in [0.05, 0.1) is 5.69 Å². The van der Waals surface area contributed by atoms with Gasteiger partial charge in [-0.1, -0.05) is 19.8 Å². The van der Waals surface area contributed by atoms with Crippen LogP contribution < -0.4 is 16.4 Å². The van der Waals surface area contributed by atoms with E-state index in [4.69, 9.17) is 11.0 Å². The van der Waals surface area contributed by atoms with E-state index in [0.29, 0.717) is 30.5 Å². The van der Waals surface area contributed by atoms with Gasteiger partial charge < -0.3 is 16.4 Å². The van der Waals surface area contributed by atoms with E-state index in [0.717, 1.165) is 25.0 Å². The van der Waals surface area contributed by atoms with Gasteiger partial charge in [-0.15, -0.1) is 0 Å². The molecule has 0 saturated heterocycles. The summed E-state index contributed by atoms with van der Waals surface area (Å²) in [5.41, 5.74) is 6.70. The molecule has 7 heteroatoms. The summed E-state index contributed by atoms with van der Waals surface area (Å²) >= 11 is 0. The van der Waals surface area contributed by atoms with Gasteiger partial charge in [-0.2, -0.15) is 10.4 Å². The van der Waals surface area contributed by atoms with Crippen LogP contribution in [0.15, 0.2) is 0 Å². The molecule has 1 aliphatic carbocycles. The SMILES string of the molecule is C[C@H]1CCC[C@@H](NC(=O)NCCCc2[nH]nc(N)c2C#N)C1. The Morgan fingerprint density at radius 1 is 1.55 bits per heavy atom. The van der Waals surface area contributed by atoms with Crippen LogP contribution in [0.4, 0.5) is 10.6 Å². The Morgan fingerprint density at radius 3 is 3.09 bits per heavy atom. The summed E-state index contributed by atoms with van der Waals surface area (Å²) in [4.78, 5) is 11.8. The maximum absolute atomic E-state index is 11.8. The van der Waals surface area contributed by atoms with Gasteiger partial charge in [0.25, 0.3) is 0 Å². The fourth-order valence-corrected chi connectivity index (χ4v) is 2.97. The van der Waals surface area contributed by atoms with Crippen LogP contribution in [0.3, 0.4) is 0 Å². The Bertz CT molecular complexity index is 547. The Morgan fingerprint density at radius 2 is 2.36 bits per heavy atom. The molecule has 0 aliphatic heterocycles. The largest absolute Gasteiger partial charge is 0.381 e. The third-order valence-corrected chi connectivity index (χ3v) is 4.14. The minimum absolute atomic E-state index is 0.108. The number of H-pyrrole nitrogens is 1. The second-order valence-corrected chi connectivity index (χ2v) is 6.05. The van der Waals surface area contributed by atoms with Crippen molar-refractivity contribution in [3.8, 4) is 6.07 Å². The van der Waals surface area contributed by atoms with Crippen molar-refractivity contribution in [2.75, 3.05) is 12.3 Å². The number of aryl methyl sites for hydroxylation is 1. The molecule has 0 unspecified atom stereocenters. The van der Waals surface area contributed by atoms with E-state index in [1.807, 2.05) is 6.07 Å². The molecular formula is C15H24N6O. The molecule has 1 aromatic rings. The average Bonchev–Trinajstić information content (AvgIpc) is 2.84. The van der Waals surface area contributed by atoms with Crippen LogP contribution in [0.25, 0.3) is 0 Å². The normalized spacial score (nSPS) is 21.1. The summed E-state index contributed by atoms with van der Waals surface area (Å²) < 4.78 is 0. The average molecular weight is 304 g/mol. The Hall–Kier alpha value is -2.23.